The number of hydrogen-bond acceptors (Lipinski definition) is 3. The Morgan fingerprint density at radius 3 is 2.82 bits per heavy atom. The van der Waals surface area contributed by atoms with Crippen molar-refractivity contribution in [3.05, 3.63) is 35.6 Å². The molecule has 0 atom stereocenters. The van der Waals surface area contributed by atoms with Crippen LogP contribution in [-0.4, -0.2) is 16.8 Å². The van der Waals surface area contributed by atoms with Gasteiger partial charge in [0.15, 0.2) is 5.76 Å². The van der Waals surface area contributed by atoms with Crippen molar-refractivity contribution < 1.29 is 9.21 Å². The van der Waals surface area contributed by atoms with E-state index in [0.29, 0.717) is 16.8 Å². The van der Waals surface area contributed by atoms with E-state index in [1.54, 1.807) is 11.8 Å². The van der Waals surface area contributed by atoms with E-state index < -0.39 is 0 Å². The molecule has 0 saturated carbocycles. The van der Waals surface area contributed by atoms with Gasteiger partial charge in [-0.05, 0) is 23.8 Å². The Kier molecular flexibility index (Phi) is 3.57. The van der Waals surface area contributed by atoms with Crippen molar-refractivity contribution in [3.8, 4) is 0 Å². The molecule has 0 fully saturated rings. The number of ketones is 1. The first-order valence-electron chi connectivity index (χ1n) is 5.72. The molecule has 1 aromatic heterocycles. The fourth-order valence-corrected chi connectivity index (χ4v) is 2.29. The first-order valence-corrected chi connectivity index (χ1v) is 6.77. The molecule has 3 heteroatoms. The maximum atomic E-state index is 11.9. The van der Waals surface area contributed by atoms with E-state index in [9.17, 15) is 4.79 Å². The molecule has 2 rings (SSSR count). The van der Waals surface area contributed by atoms with Crippen LogP contribution in [0.3, 0.4) is 0 Å². The van der Waals surface area contributed by atoms with Crippen molar-refractivity contribution in [1.82, 2.24) is 0 Å². The van der Waals surface area contributed by atoms with E-state index in [4.69, 9.17) is 4.42 Å². The van der Waals surface area contributed by atoms with Gasteiger partial charge in [0.25, 0.3) is 0 Å². The summed E-state index contributed by atoms with van der Waals surface area (Å²) in [6.07, 6.45) is 0. The van der Waals surface area contributed by atoms with Crippen LogP contribution in [0.4, 0.5) is 0 Å². The molecule has 0 unspecified atom stereocenters. The van der Waals surface area contributed by atoms with Crippen LogP contribution in [0, 0.1) is 6.92 Å². The molecule has 0 radical (unpaired) electrons. The van der Waals surface area contributed by atoms with Crippen molar-refractivity contribution >= 4 is 28.5 Å². The molecule has 1 heterocycles. The summed E-state index contributed by atoms with van der Waals surface area (Å²) in [4.78, 5) is 11.9. The van der Waals surface area contributed by atoms with Gasteiger partial charge < -0.3 is 4.42 Å². The van der Waals surface area contributed by atoms with Gasteiger partial charge in [-0.1, -0.05) is 32.0 Å². The van der Waals surface area contributed by atoms with Gasteiger partial charge in [-0.3, -0.25) is 4.79 Å². The fraction of sp³-hybridized carbons (Fsp3) is 0.357. The van der Waals surface area contributed by atoms with Crippen molar-refractivity contribution in [1.29, 1.82) is 0 Å². The summed E-state index contributed by atoms with van der Waals surface area (Å²) < 4.78 is 5.63. The van der Waals surface area contributed by atoms with Crippen LogP contribution in [0.1, 0.15) is 30.0 Å². The number of rotatable bonds is 4. The topological polar surface area (TPSA) is 30.2 Å². The van der Waals surface area contributed by atoms with Crippen molar-refractivity contribution in [2.24, 2.45) is 0 Å². The van der Waals surface area contributed by atoms with Gasteiger partial charge in [-0.25, -0.2) is 0 Å². The third kappa shape index (κ3) is 2.72. The van der Waals surface area contributed by atoms with Crippen LogP contribution >= 0.6 is 11.8 Å². The zero-order valence-corrected chi connectivity index (χ0v) is 11.1. The fourth-order valence-electron chi connectivity index (χ4n) is 1.66. The Hall–Kier alpha value is -1.22. The van der Waals surface area contributed by atoms with Crippen LogP contribution in [0.5, 0.6) is 0 Å². The van der Waals surface area contributed by atoms with Gasteiger partial charge in [0, 0.05) is 5.39 Å². The molecule has 0 aliphatic carbocycles. The molecule has 1 aromatic carbocycles. The summed E-state index contributed by atoms with van der Waals surface area (Å²) in [6.45, 7) is 6.16. The lowest BCUT2D eigenvalue weighted by Crippen LogP contribution is -2.03. The molecule has 0 spiro atoms. The van der Waals surface area contributed by atoms with Crippen molar-refractivity contribution in [2.75, 3.05) is 5.75 Å². The number of aryl methyl sites for hydroxylation is 1. The summed E-state index contributed by atoms with van der Waals surface area (Å²) in [7, 11) is 0. The maximum absolute atomic E-state index is 11.9. The second-order valence-corrected chi connectivity index (χ2v) is 5.95. The molecule has 17 heavy (non-hydrogen) atoms. The summed E-state index contributed by atoms with van der Waals surface area (Å²) in [6, 6.07) is 7.77. The van der Waals surface area contributed by atoms with Crippen molar-refractivity contribution in [2.45, 2.75) is 26.0 Å². The minimum atomic E-state index is 0.0688. The SMILES string of the molecule is Cc1cccc2cc(C(=O)CSC(C)C)oc12. The van der Waals surface area contributed by atoms with Gasteiger partial charge >= 0.3 is 0 Å². The molecule has 0 N–H and O–H groups in total. The number of benzene rings is 1. The highest BCUT2D eigenvalue weighted by atomic mass is 32.2. The molecule has 0 amide bonds. The lowest BCUT2D eigenvalue weighted by Gasteiger charge is -2.01. The van der Waals surface area contributed by atoms with E-state index >= 15 is 0 Å². The molecule has 2 aromatic rings. The van der Waals surface area contributed by atoms with Gasteiger partial charge in [0.1, 0.15) is 5.58 Å². The second-order valence-electron chi connectivity index (χ2n) is 4.39. The highest BCUT2D eigenvalue weighted by Gasteiger charge is 2.13. The van der Waals surface area contributed by atoms with Crippen molar-refractivity contribution in [3.63, 3.8) is 0 Å². The average molecular weight is 248 g/mol. The summed E-state index contributed by atoms with van der Waals surface area (Å²) >= 11 is 1.64. The number of furan rings is 1. The second kappa shape index (κ2) is 4.96. The molecule has 0 aliphatic rings. The van der Waals surface area contributed by atoms with Crippen LogP contribution in [0.2, 0.25) is 0 Å². The van der Waals surface area contributed by atoms with Crippen LogP contribution in [0.25, 0.3) is 11.0 Å². The van der Waals surface area contributed by atoms with Crippen LogP contribution in [0.15, 0.2) is 28.7 Å². The monoisotopic (exact) mass is 248 g/mol. The number of thioether (sulfide) groups is 1. The molecular formula is C14H16O2S. The molecular weight excluding hydrogens is 232 g/mol. The standard InChI is InChI=1S/C14H16O2S/c1-9(2)17-8-12(15)13-7-11-6-4-5-10(3)14(11)16-13/h4-7,9H,8H2,1-3H3. The quantitative estimate of drug-likeness (QED) is 0.764. The summed E-state index contributed by atoms with van der Waals surface area (Å²) in [5.74, 6) is 1.03. The zero-order valence-electron chi connectivity index (χ0n) is 10.3. The van der Waals surface area contributed by atoms with E-state index in [2.05, 4.69) is 13.8 Å². The highest BCUT2D eigenvalue weighted by Crippen LogP contribution is 2.23. The smallest absolute Gasteiger partial charge is 0.207 e. The summed E-state index contributed by atoms with van der Waals surface area (Å²) in [5.41, 5.74) is 1.89. The molecule has 0 bridgehead atoms. The normalized spacial score (nSPS) is 11.3. The van der Waals surface area contributed by atoms with Gasteiger partial charge in [0.05, 0.1) is 5.75 Å². The van der Waals surface area contributed by atoms with E-state index in [1.165, 1.54) is 0 Å². The number of carbonyl (C=O) groups excluding carboxylic acids is 1. The minimum Gasteiger partial charge on any atom is -0.453 e. The summed E-state index contributed by atoms with van der Waals surface area (Å²) in [5, 5.41) is 1.47. The number of carbonyl (C=O) groups is 1. The Balaban J connectivity index is 2.24. The van der Waals surface area contributed by atoms with Gasteiger partial charge in [-0.2, -0.15) is 11.8 Å². The molecule has 0 saturated heterocycles. The Morgan fingerprint density at radius 1 is 1.41 bits per heavy atom. The predicted molar refractivity (Wildman–Crippen MR) is 72.9 cm³/mol. The van der Waals surface area contributed by atoms with Gasteiger partial charge in [-0.15, -0.1) is 0 Å². The number of Topliss-reactive ketones (excluding diaryl/α,β-unsaturated/α-hetero) is 1. The lowest BCUT2D eigenvalue weighted by atomic mass is 10.2. The number of fused-ring (bicyclic) bond motifs is 1. The predicted octanol–water partition coefficient (Wildman–Crippen LogP) is 4.07. The van der Waals surface area contributed by atoms with Gasteiger partial charge in [0.2, 0.25) is 5.78 Å². The number of hydrogen-bond donors (Lipinski definition) is 0. The first kappa shape index (κ1) is 12.2. The highest BCUT2D eigenvalue weighted by molar-refractivity contribution is 8.00. The van der Waals surface area contributed by atoms with E-state index in [1.807, 2.05) is 31.2 Å². The third-order valence-corrected chi connectivity index (χ3v) is 3.66. The minimum absolute atomic E-state index is 0.0688. The third-order valence-electron chi connectivity index (χ3n) is 2.56. The molecule has 90 valence electrons. The first-order chi connectivity index (χ1) is 8.08. The zero-order chi connectivity index (χ0) is 12.4. The van der Waals surface area contributed by atoms with Crippen LogP contribution in [-0.2, 0) is 0 Å². The largest absolute Gasteiger partial charge is 0.453 e. The lowest BCUT2D eigenvalue weighted by molar-refractivity contribution is 0.0994. The van der Waals surface area contributed by atoms with E-state index in [-0.39, 0.29) is 5.78 Å². The number of para-hydroxylation sites is 1. The Bertz CT molecular complexity index is 540. The Morgan fingerprint density at radius 2 is 2.18 bits per heavy atom. The molecule has 2 nitrogen and oxygen atoms in total. The van der Waals surface area contributed by atoms with Crippen LogP contribution < -0.4 is 0 Å². The average Bonchev–Trinajstić information content (AvgIpc) is 2.71. The van der Waals surface area contributed by atoms with E-state index in [0.717, 1.165) is 16.5 Å². The molecule has 0 aliphatic heterocycles. The maximum Gasteiger partial charge on any atom is 0.207 e. The Labute approximate surface area is 105 Å².